The van der Waals surface area contributed by atoms with Gasteiger partial charge >= 0.3 is 0 Å². The van der Waals surface area contributed by atoms with Gasteiger partial charge in [0, 0.05) is 42.6 Å². The number of nitrogens with zero attached hydrogens (tertiary/aromatic N) is 4. The Labute approximate surface area is 210 Å². The first-order valence-corrected chi connectivity index (χ1v) is 12.1. The van der Waals surface area contributed by atoms with Crippen LogP contribution in [0.5, 0.6) is 0 Å². The molecular weight excluding hydrogens is 450 g/mol. The van der Waals surface area contributed by atoms with Gasteiger partial charge in [0.15, 0.2) is 0 Å². The topological polar surface area (TPSA) is 88.1 Å². The third kappa shape index (κ3) is 5.00. The Bertz CT molecular complexity index is 1330. The van der Waals surface area contributed by atoms with Crippen LogP contribution < -0.4 is 10.2 Å². The molecule has 36 heavy (non-hydrogen) atoms. The Balaban J connectivity index is 1.61. The van der Waals surface area contributed by atoms with Crippen molar-refractivity contribution >= 4 is 17.5 Å². The van der Waals surface area contributed by atoms with Crippen LogP contribution in [0, 0.1) is 0 Å². The number of aromatic nitrogens is 3. The number of carbonyl (C=O) groups is 2. The van der Waals surface area contributed by atoms with Crippen molar-refractivity contribution < 1.29 is 9.59 Å². The van der Waals surface area contributed by atoms with Gasteiger partial charge in [-0.1, -0.05) is 48.5 Å². The Kier molecular flexibility index (Phi) is 7.07. The zero-order valence-corrected chi connectivity index (χ0v) is 19.9. The van der Waals surface area contributed by atoms with Gasteiger partial charge in [-0.2, -0.15) is 0 Å². The van der Waals surface area contributed by atoms with Gasteiger partial charge in [-0.05, 0) is 54.5 Å². The summed E-state index contributed by atoms with van der Waals surface area (Å²) in [4.78, 5) is 42.1. The van der Waals surface area contributed by atoms with E-state index in [1.165, 1.54) is 24.2 Å². The highest BCUT2D eigenvalue weighted by molar-refractivity contribution is 6.09. The second kappa shape index (κ2) is 10.9. The van der Waals surface area contributed by atoms with Crippen molar-refractivity contribution in [1.82, 2.24) is 20.3 Å². The molecule has 2 amide bonds. The van der Waals surface area contributed by atoms with Gasteiger partial charge in [0.2, 0.25) is 5.91 Å². The quantitative estimate of drug-likeness (QED) is 0.425. The molecule has 4 aromatic rings. The summed E-state index contributed by atoms with van der Waals surface area (Å²) in [6, 6.07) is 18.4. The van der Waals surface area contributed by atoms with Crippen LogP contribution in [0.4, 0.5) is 5.69 Å². The number of benzene rings is 2. The molecule has 0 aliphatic heterocycles. The molecule has 0 fully saturated rings. The molecule has 0 saturated carbocycles. The number of fused-ring (bicyclic) bond motifs is 1. The number of nitrogens with one attached hydrogen (secondary N) is 1. The molecule has 180 valence electrons. The maximum absolute atomic E-state index is 14.0. The number of carbonyl (C=O) groups excluding carboxylic acids is 2. The van der Waals surface area contributed by atoms with Crippen LogP contribution in [0.3, 0.4) is 0 Å². The summed E-state index contributed by atoms with van der Waals surface area (Å²) in [6.45, 7) is 0.344. The number of pyridine rings is 1. The number of anilines is 1. The zero-order valence-electron chi connectivity index (χ0n) is 19.9. The summed E-state index contributed by atoms with van der Waals surface area (Å²) < 4.78 is 0. The average Bonchev–Trinajstić information content (AvgIpc) is 2.95. The Morgan fingerprint density at radius 3 is 2.47 bits per heavy atom. The fraction of sp³-hybridized carbons (Fsp3) is 0.207. The molecular formula is C29H27N5O2. The van der Waals surface area contributed by atoms with Crippen molar-refractivity contribution in [2.45, 2.75) is 38.3 Å². The number of hydrogen-bond donors (Lipinski definition) is 1. The molecule has 0 saturated heterocycles. The maximum Gasteiger partial charge on any atom is 0.279 e. The summed E-state index contributed by atoms with van der Waals surface area (Å²) in [5.74, 6) is -0.678. The SMILES string of the molecule is O=C(NCc1ccccc1)C(c1cccnc1)N(C(=O)c1cnccn1)c1cccc2c1CCCC2. The highest BCUT2D eigenvalue weighted by atomic mass is 16.2. The molecule has 0 spiro atoms. The smallest absolute Gasteiger partial charge is 0.279 e. The molecule has 1 N–H and O–H groups in total. The van der Waals surface area contributed by atoms with Crippen LogP contribution >= 0.6 is 0 Å². The fourth-order valence-electron chi connectivity index (χ4n) is 4.72. The van der Waals surface area contributed by atoms with Crippen molar-refractivity contribution in [3.63, 3.8) is 0 Å². The van der Waals surface area contributed by atoms with Gasteiger partial charge in [0.1, 0.15) is 11.7 Å². The van der Waals surface area contributed by atoms with E-state index in [1.54, 1.807) is 23.4 Å². The second-order valence-electron chi connectivity index (χ2n) is 8.78. The third-order valence-corrected chi connectivity index (χ3v) is 6.45. The van der Waals surface area contributed by atoms with E-state index in [4.69, 9.17) is 0 Å². The third-order valence-electron chi connectivity index (χ3n) is 6.45. The standard InChI is InChI=1S/C29H27N5O2/c35-28(33-18-21-8-2-1-3-9-21)27(23-12-7-15-30-19-23)34(29(36)25-20-31-16-17-32-25)26-14-6-11-22-10-4-5-13-24(22)26/h1-3,6-9,11-12,14-17,19-20,27H,4-5,10,13,18H2,(H,33,35). The molecule has 0 radical (unpaired) electrons. The Hall–Kier alpha value is -4.39. The largest absolute Gasteiger partial charge is 0.350 e. The van der Waals surface area contributed by atoms with E-state index in [9.17, 15) is 9.59 Å². The van der Waals surface area contributed by atoms with Crippen molar-refractivity contribution in [3.05, 3.63) is 120 Å². The molecule has 2 aromatic carbocycles. The minimum absolute atomic E-state index is 0.177. The summed E-state index contributed by atoms with van der Waals surface area (Å²) in [6.07, 6.45) is 11.7. The lowest BCUT2D eigenvalue weighted by atomic mass is 9.89. The molecule has 1 aliphatic carbocycles. The van der Waals surface area contributed by atoms with E-state index in [0.29, 0.717) is 12.1 Å². The molecule has 0 bridgehead atoms. The molecule has 5 rings (SSSR count). The summed E-state index contributed by atoms with van der Waals surface area (Å²) >= 11 is 0. The lowest BCUT2D eigenvalue weighted by Gasteiger charge is -2.34. The van der Waals surface area contributed by atoms with E-state index >= 15 is 0 Å². The van der Waals surface area contributed by atoms with Crippen LogP contribution in [0.25, 0.3) is 0 Å². The minimum atomic E-state index is -0.939. The van der Waals surface area contributed by atoms with E-state index in [1.807, 2.05) is 48.5 Å². The van der Waals surface area contributed by atoms with Crippen LogP contribution in [-0.4, -0.2) is 26.8 Å². The zero-order chi connectivity index (χ0) is 24.7. The lowest BCUT2D eigenvalue weighted by Crippen LogP contribution is -2.44. The van der Waals surface area contributed by atoms with Gasteiger partial charge in [0.05, 0.1) is 6.20 Å². The van der Waals surface area contributed by atoms with E-state index in [0.717, 1.165) is 42.5 Å². The second-order valence-corrected chi connectivity index (χ2v) is 8.78. The van der Waals surface area contributed by atoms with Crippen molar-refractivity contribution in [2.24, 2.45) is 0 Å². The summed E-state index contributed by atoms with van der Waals surface area (Å²) in [5, 5.41) is 3.04. The summed E-state index contributed by atoms with van der Waals surface area (Å²) in [7, 11) is 0. The predicted octanol–water partition coefficient (Wildman–Crippen LogP) is 4.45. The van der Waals surface area contributed by atoms with E-state index < -0.39 is 6.04 Å². The van der Waals surface area contributed by atoms with Gasteiger partial charge in [-0.25, -0.2) is 4.98 Å². The van der Waals surface area contributed by atoms with Crippen LogP contribution in [0.1, 0.15) is 51.6 Å². The van der Waals surface area contributed by atoms with Crippen molar-refractivity contribution in [2.75, 3.05) is 4.90 Å². The minimum Gasteiger partial charge on any atom is -0.350 e. The van der Waals surface area contributed by atoms with Crippen LogP contribution in [-0.2, 0) is 24.2 Å². The lowest BCUT2D eigenvalue weighted by molar-refractivity contribution is -0.122. The number of rotatable bonds is 7. The van der Waals surface area contributed by atoms with Crippen LogP contribution in [0.2, 0.25) is 0 Å². The van der Waals surface area contributed by atoms with Crippen LogP contribution in [0.15, 0.2) is 91.6 Å². The first-order chi connectivity index (χ1) is 17.7. The van der Waals surface area contributed by atoms with Crippen molar-refractivity contribution in [1.29, 1.82) is 0 Å². The van der Waals surface area contributed by atoms with Gasteiger partial charge in [-0.3, -0.25) is 24.5 Å². The first-order valence-electron chi connectivity index (χ1n) is 12.1. The average molecular weight is 478 g/mol. The Morgan fingerprint density at radius 1 is 0.861 bits per heavy atom. The molecule has 7 heteroatoms. The van der Waals surface area contributed by atoms with E-state index in [2.05, 4.69) is 26.3 Å². The maximum atomic E-state index is 14.0. The predicted molar refractivity (Wildman–Crippen MR) is 137 cm³/mol. The fourth-order valence-corrected chi connectivity index (χ4v) is 4.72. The van der Waals surface area contributed by atoms with Gasteiger partial charge in [0.25, 0.3) is 5.91 Å². The summed E-state index contributed by atoms with van der Waals surface area (Å²) in [5.41, 5.74) is 4.81. The molecule has 1 unspecified atom stereocenters. The molecule has 2 heterocycles. The van der Waals surface area contributed by atoms with Gasteiger partial charge < -0.3 is 5.32 Å². The molecule has 1 aliphatic rings. The monoisotopic (exact) mass is 477 g/mol. The number of amides is 2. The molecule has 2 aromatic heterocycles. The Morgan fingerprint density at radius 2 is 1.69 bits per heavy atom. The van der Waals surface area contributed by atoms with E-state index in [-0.39, 0.29) is 17.5 Å². The number of hydrogen-bond acceptors (Lipinski definition) is 5. The molecule has 1 atom stereocenters. The highest BCUT2D eigenvalue weighted by Crippen LogP contribution is 2.36. The normalized spacial score (nSPS) is 13.3. The molecule has 7 nitrogen and oxygen atoms in total. The van der Waals surface area contributed by atoms with Gasteiger partial charge in [-0.15, -0.1) is 0 Å². The highest BCUT2D eigenvalue weighted by Gasteiger charge is 2.36. The number of aryl methyl sites for hydroxylation is 1. The first kappa shape index (κ1) is 23.4. The van der Waals surface area contributed by atoms with Crippen molar-refractivity contribution in [3.8, 4) is 0 Å².